The maximum Gasteiger partial charge on any atom is 0.0647 e. The standard InChI is InChI=1S/C25H24N5/c1-16-4-10-22-20(12-16)27-14-24(29(22)3)18-6-8-19(9-7-18)25-15-28-21-13-17(2)5-11-23(21)30(25)26/h4-15,27H,26H2,1-3H3/q-1. The van der Waals surface area contributed by atoms with Crippen molar-refractivity contribution in [3.05, 3.63) is 101 Å². The number of anilines is 3. The Morgan fingerprint density at radius 3 is 2.17 bits per heavy atom. The van der Waals surface area contributed by atoms with Gasteiger partial charge >= 0.3 is 0 Å². The predicted octanol–water partition coefficient (Wildman–Crippen LogP) is 5.86. The van der Waals surface area contributed by atoms with E-state index in [1.807, 2.05) is 18.3 Å². The van der Waals surface area contributed by atoms with Crippen LogP contribution in [0.2, 0.25) is 0 Å². The average Bonchev–Trinajstić information content (AvgIpc) is 2.74. The average molecular weight is 395 g/mol. The molecule has 0 saturated carbocycles. The minimum atomic E-state index is 0.878. The van der Waals surface area contributed by atoms with Gasteiger partial charge in [-0.15, -0.1) is 11.9 Å². The maximum atomic E-state index is 6.42. The van der Waals surface area contributed by atoms with E-state index in [0.717, 1.165) is 45.3 Å². The SMILES string of the molecule is Cc1ccc2c(c1)[N-]C=C(c1ccc(C3=CNc4cc(C)ccc4N3C)cc1)N2N. The van der Waals surface area contributed by atoms with Gasteiger partial charge in [0.1, 0.15) is 0 Å². The molecular formula is C25H24N5-. The molecule has 0 amide bonds. The molecule has 2 aliphatic rings. The molecule has 0 radical (unpaired) electrons. The first-order chi connectivity index (χ1) is 14.5. The highest BCUT2D eigenvalue weighted by Crippen LogP contribution is 2.41. The Hall–Kier alpha value is -3.70. The lowest BCUT2D eigenvalue weighted by molar-refractivity contribution is 1.09. The molecule has 30 heavy (non-hydrogen) atoms. The van der Waals surface area contributed by atoms with Crippen molar-refractivity contribution < 1.29 is 0 Å². The van der Waals surface area contributed by atoms with Gasteiger partial charge in [-0.2, -0.15) is 0 Å². The third-order valence-electron chi connectivity index (χ3n) is 5.69. The first-order valence-corrected chi connectivity index (χ1v) is 10.00. The smallest absolute Gasteiger partial charge is 0.0647 e. The molecule has 5 rings (SSSR count). The van der Waals surface area contributed by atoms with Crippen LogP contribution in [0.3, 0.4) is 0 Å². The Morgan fingerprint density at radius 2 is 1.43 bits per heavy atom. The molecule has 0 spiro atoms. The summed E-state index contributed by atoms with van der Waals surface area (Å²) in [6.45, 7) is 4.16. The van der Waals surface area contributed by atoms with Gasteiger partial charge in [-0.3, -0.25) is 5.01 Å². The van der Waals surface area contributed by atoms with Crippen LogP contribution < -0.4 is 21.1 Å². The number of fused-ring (bicyclic) bond motifs is 2. The monoisotopic (exact) mass is 394 g/mol. The lowest BCUT2D eigenvalue weighted by Gasteiger charge is -2.37. The number of nitrogens with one attached hydrogen (secondary N) is 1. The molecule has 2 heterocycles. The minimum absolute atomic E-state index is 0.878. The molecule has 0 aliphatic carbocycles. The Balaban J connectivity index is 1.42. The second-order valence-corrected chi connectivity index (χ2v) is 7.84. The molecular weight excluding hydrogens is 370 g/mol. The zero-order valence-electron chi connectivity index (χ0n) is 17.3. The molecule has 3 N–H and O–H groups in total. The first kappa shape index (κ1) is 18.3. The van der Waals surface area contributed by atoms with E-state index < -0.39 is 0 Å². The van der Waals surface area contributed by atoms with Crippen molar-refractivity contribution in [1.29, 1.82) is 0 Å². The zero-order chi connectivity index (χ0) is 20.8. The van der Waals surface area contributed by atoms with Crippen LogP contribution in [-0.4, -0.2) is 7.05 Å². The van der Waals surface area contributed by atoms with Gasteiger partial charge in [0.2, 0.25) is 0 Å². The van der Waals surface area contributed by atoms with Crippen LogP contribution in [0.15, 0.2) is 73.1 Å². The summed E-state index contributed by atoms with van der Waals surface area (Å²) in [6.07, 6.45) is 3.89. The lowest BCUT2D eigenvalue weighted by atomic mass is 10.0. The largest absolute Gasteiger partial charge is 0.661 e. The molecule has 0 fully saturated rings. The van der Waals surface area contributed by atoms with Crippen molar-refractivity contribution >= 4 is 34.1 Å². The molecule has 3 aromatic rings. The molecule has 0 saturated heterocycles. The zero-order valence-corrected chi connectivity index (χ0v) is 17.3. The molecule has 0 bridgehead atoms. The van der Waals surface area contributed by atoms with Crippen molar-refractivity contribution in [3.63, 3.8) is 0 Å². The number of hydrogen-bond acceptors (Lipinski definition) is 4. The third kappa shape index (κ3) is 3.00. The Morgan fingerprint density at radius 1 is 0.800 bits per heavy atom. The highest BCUT2D eigenvalue weighted by molar-refractivity contribution is 5.93. The van der Waals surface area contributed by atoms with Gasteiger partial charge in [0, 0.05) is 24.6 Å². The molecule has 0 atom stereocenters. The summed E-state index contributed by atoms with van der Waals surface area (Å²) in [4.78, 5) is 2.21. The fourth-order valence-corrected chi connectivity index (χ4v) is 4.00. The van der Waals surface area contributed by atoms with Gasteiger partial charge in [0.25, 0.3) is 0 Å². The van der Waals surface area contributed by atoms with E-state index in [0.29, 0.717) is 0 Å². The Bertz CT molecular complexity index is 1100. The van der Waals surface area contributed by atoms with Crippen molar-refractivity contribution in [2.24, 2.45) is 5.84 Å². The number of benzene rings is 3. The van der Waals surface area contributed by atoms with Gasteiger partial charge < -0.3 is 15.5 Å². The summed E-state index contributed by atoms with van der Waals surface area (Å²) in [5.41, 5.74) is 10.7. The molecule has 3 aromatic carbocycles. The number of hydrogen-bond donors (Lipinski definition) is 2. The lowest BCUT2D eigenvalue weighted by Crippen LogP contribution is -2.30. The summed E-state index contributed by atoms with van der Waals surface area (Å²) < 4.78 is 0. The van der Waals surface area contributed by atoms with Crippen LogP contribution >= 0.6 is 0 Å². The van der Waals surface area contributed by atoms with Gasteiger partial charge in [0.15, 0.2) is 0 Å². The van der Waals surface area contributed by atoms with Crippen molar-refractivity contribution in [2.75, 3.05) is 22.3 Å². The van der Waals surface area contributed by atoms with Crippen LogP contribution in [0.4, 0.5) is 22.7 Å². The second kappa shape index (κ2) is 6.97. The molecule has 2 aliphatic heterocycles. The summed E-state index contributed by atoms with van der Waals surface area (Å²) in [6, 6.07) is 21.0. The van der Waals surface area contributed by atoms with E-state index in [4.69, 9.17) is 5.84 Å². The van der Waals surface area contributed by atoms with E-state index in [1.165, 1.54) is 11.1 Å². The molecule has 0 aromatic heterocycles. The summed E-state index contributed by atoms with van der Waals surface area (Å²) in [5, 5.41) is 9.74. The number of aryl methyl sites for hydroxylation is 2. The third-order valence-corrected chi connectivity index (χ3v) is 5.69. The van der Waals surface area contributed by atoms with Crippen LogP contribution in [0.1, 0.15) is 22.3 Å². The highest BCUT2D eigenvalue weighted by Gasteiger charge is 2.19. The summed E-state index contributed by atoms with van der Waals surface area (Å²) >= 11 is 0. The maximum absolute atomic E-state index is 6.42. The van der Waals surface area contributed by atoms with E-state index in [2.05, 4.69) is 91.2 Å². The second-order valence-electron chi connectivity index (χ2n) is 7.84. The molecule has 150 valence electrons. The van der Waals surface area contributed by atoms with Gasteiger partial charge in [0.05, 0.1) is 17.1 Å². The fraction of sp³-hybridized carbons (Fsp3) is 0.120. The highest BCUT2D eigenvalue weighted by atomic mass is 15.4. The van der Waals surface area contributed by atoms with E-state index in [1.54, 1.807) is 5.01 Å². The van der Waals surface area contributed by atoms with Crippen LogP contribution in [0.25, 0.3) is 16.7 Å². The predicted molar refractivity (Wildman–Crippen MR) is 126 cm³/mol. The number of nitrogens with two attached hydrogens (primary N) is 1. The van der Waals surface area contributed by atoms with E-state index >= 15 is 0 Å². The number of rotatable bonds is 2. The molecule has 5 heteroatoms. The quantitative estimate of drug-likeness (QED) is 0.534. The number of hydrazine groups is 1. The summed E-state index contributed by atoms with van der Waals surface area (Å²) in [7, 11) is 2.10. The fourth-order valence-electron chi connectivity index (χ4n) is 4.00. The topological polar surface area (TPSA) is 58.6 Å². The van der Waals surface area contributed by atoms with Crippen LogP contribution in [-0.2, 0) is 0 Å². The van der Waals surface area contributed by atoms with Crippen LogP contribution in [0, 0.1) is 13.8 Å². The molecule has 5 nitrogen and oxygen atoms in total. The Labute approximate surface area is 177 Å². The van der Waals surface area contributed by atoms with Gasteiger partial charge in [-0.1, -0.05) is 48.0 Å². The summed E-state index contributed by atoms with van der Waals surface area (Å²) in [5.74, 6) is 6.42. The van der Waals surface area contributed by atoms with Gasteiger partial charge in [-0.25, -0.2) is 5.84 Å². The normalized spacial score (nSPS) is 14.8. The minimum Gasteiger partial charge on any atom is -0.661 e. The van der Waals surface area contributed by atoms with Gasteiger partial charge in [-0.05, 0) is 48.7 Å². The molecule has 0 unspecified atom stereocenters. The number of nitrogens with zero attached hydrogens (tertiary/aromatic N) is 3. The van der Waals surface area contributed by atoms with Crippen LogP contribution in [0.5, 0.6) is 0 Å². The van der Waals surface area contributed by atoms with Crippen molar-refractivity contribution in [1.82, 2.24) is 0 Å². The van der Waals surface area contributed by atoms with E-state index in [-0.39, 0.29) is 0 Å². The first-order valence-electron chi connectivity index (χ1n) is 10.00. The Kier molecular flexibility index (Phi) is 4.26. The van der Waals surface area contributed by atoms with Crippen molar-refractivity contribution in [2.45, 2.75) is 13.8 Å². The van der Waals surface area contributed by atoms with Crippen molar-refractivity contribution in [3.8, 4) is 0 Å². The van der Waals surface area contributed by atoms with E-state index in [9.17, 15) is 0 Å².